The largest absolute Gasteiger partial charge is 0.316 e. The van der Waals surface area contributed by atoms with Crippen molar-refractivity contribution < 1.29 is 18.4 Å². The third kappa shape index (κ3) is 3.87. The van der Waals surface area contributed by atoms with Gasteiger partial charge in [-0.25, -0.2) is 0 Å². The Kier molecular flexibility index (Phi) is 5.40. The fraction of sp³-hybridized carbons (Fsp3) is 0.333. The molecule has 1 aromatic rings. The molecule has 0 N–H and O–H groups in total. The number of carbonyl (C=O) groups is 2. The SMILES string of the molecule is Cc1ccc(N(CC(=O)CBr)C(=O)C(F)F)cc1. The minimum atomic E-state index is -3.13. The minimum absolute atomic E-state index is 0.0197. The van der Waals surface area contributed by atoms with Crippen molar-refractivity contribution in [2.75, 3.05) is 16.8 Å². The maximum Gasteiger partial charge on any atom is 0.316 e. The Hall–Kier alpha value is -1.30. The lowest BCUT2D eigenvalue weighted by molar-refractivity contribution is -0.130. The van der Waals surface area contributed by atoms with Crippen LogP contribution in [-0.4, -0.2) is 30.0 Å². The summed E-state index contributed by atoms with van der Waals surface area (Å²) in [5.41, 5.74) is 1.23. The van der Waals surface area contributed by atoms with Gasteiger partial charge in [-0.3, -0.25) is 9.59 Å². The van der Waals surface area contributed by atoms with Crippen LogP contribution in [0.1, 0.15) is 5.56 Å². The summed E-state index contributed by atoms with van der Waals surface area (Å²) >= 11 is 2.94. The van der Waals surface area contributed by atoms with Crippen LogP contribution in [-0.2, 0) is 9.59 Å². The second-order valence-corrected chi connectivity index (χ2v) is 4.29. The number of nitrogens with zero attached hydrogens (tertiary/aromatic N) is 1. The maximum absolute atomic E-state index is 12.5. The molecule has 98 valence electrons. The summed E-state index contributed by atoms with van der Waals surface area (Å²) < 4.78 is 25.0. The molecule has 0 saturated heterocycles. The van der Waals surface area contributed by atoms with Crippen molar-refractivity contribution in [2.24, 2.45) is 0 Å². The smallest absolute Gasteiger partial charge is 0.300 e. The highest BCUT2D eigenvalue weighted by Gasteiger charge is 2.26. The van der Waals surface area contributed by atoms with E-state index in [9.17, 15) is 18.4 Å². The Balaban J connectivity index is 3.00. The molecule has 0 aliphatic heterocycles. The Labute approximate surface area is 112 Å². The van der Waals surface area contributed by atoms with Gasteiger partial charge in [0.1, 0.15) is 0 Å². The number of anilines is 1. The van der Waals surface area contributed by atoms with Crippen LogP contribution < -0.4 is 4.90 Å². The normalized spacial score (nSPS) is 10.5. The summed E-state index contributed by atoms with van der Waals surface area (Å²) in [6.07, 6.45) is -3.13. The monoisotopic (exact) mass is 319 g/mol. The van der Waals surface area contributed by atoms with Gasteiger partial charge in [-0.05, 0) is 19.1 Å². The van der Waals surface area contributed by atoms with E-state index < -0.39 is 12.3 Å². The second-order valence-electron chi connectivity index (χ2n) is 3.73. The van der Waals surface area contributed by atoms with E-state index in [-0.39, 0.29) is 17.7 Å². The summed E-state index contributed by atoms with van der Waals surface area (Å²) in [6.45, 7) is 1.48. The van der Waals surface area contributed by atoms with Crippen molar-refractivity contribution in [1.29, 1.82) is 0 Å². The third-order valence-electron chi connectivity index (χ3n) is 2.28. The highest BCUT2D eigenvalue weighted by Crippen LogP contribution is 2.17. The third-order valence-corrected chi connectivity index (χ3v) is 2.91. The molecule has 0 aliphatic carbocycles. The number of ketones is 1. The van der Waals surface area contributed by atoms with E-state index in [1.807, 2.05) is 6.92 Å². The van der Waals surface area contributed by atoms with Crippen LogP contribution in [0.4, 0.5) is 14.5 Å². The van der Waals surface area contributed by atoms with E-state index in [0.717, 1.165) is 10.5 Å². The zero-order valence-electron chi connectivity index (χ0n) is 9.70. The zero-order valence-corrected chi connectivity index (χ0v) is 11.3. The average molecular weight is 320 g/mol. The molecule has 0 aliphatic rings. The van der Waals surface area contributed by atoms with Gasteiger partial charge >= 0.3 is 6.43 Å². The highest BCUT2D eigenvalue weighted by atomic mass is 79.9. The molecule has 0 heterocycles. The minimum Gasteiger partial charge on any atom is -0.300 e. The zero-order chi connectivity index (χ0) is 13.7. The molecular weight excluding hydrogens is 308 g/mol. The first-order valence-electron chi connectivity index (χ1n) is 5.19. The first-order chi connectivity index (χ1) is 8.45. The standard InChI is InChI=1S/C12H12BrF2NO2/c1-8-2-4-9(5-3-8)16(7-10(17)6-13)12(18)11(14)15/h2-5,11H,6-7H2,1H3. The number of benzene rings is 1. The number of hydrogen-bond acceptors (Lipinski definition) is 2. The highest BCUT2D eigenvalue weighted by molar-refractivity contribution is 9.09. The molecular formula is C12H12BrF2NO2. The van der Waals surface area contributed by atoms with Crippen LogP contribution in [0.15, 0.2) is 24.3 Å². The number of hydrogen-bond donors (Lipinski definition) is 0. The van der Waals surface area contributed by atoms with E-state index in [1.54, 1.807) is 12.1 Å². The van der Waals surface area contributed by atoms with Gasteiger partial charge in [0.05, 0.1) is 11.9 Å². The molecule has 0 radical (unpaired) electrons. The molecule has 0 saturated carbocycles. The van der Waals surface area contributed by atoms with Crippen molar-refractivity contribution in [3.05, 3.63) is 29.8 Å². The fourth-order valence-corrected chi connectivity index (χ4v) is 1.53. The Bertz CT molecular complexity index is 434. The summed E-state index contributed by atoms with van der Waals surface area (Å²) in [4.78, 5) is 23.5. The van der Waals surface area contributed by atoms with Gasteiger partial charge in [0.25, 0.3) is 5.91 Å². The molecule has 0 bridgehead atoms. The first kappa shape index (κ1) is 14.8. The molecule has 0 spiro atoms. The predicted molar refractivity (Wildman–Crippen MR) is 68.3 cm³/mol. The van der Waals surface area contributed by atoms with Crippen LogP contribution in [0.5, 0.6) is 0 Å². The van der Waals surface area contributed by atoms with Gasteiger partial charge in [0, 0.05) is 5.69 Å². The van der Waals surface area contributed by atoms with Crippen LogP contribution in [0, 0.1) is 6.92 Å². The van der Waals surface area contributed by atoms with E-state index in [1.165, 1.54) is 12.1 Å². The second kappa shape index (κ2) is 6.58. The van der Waals surface area contributed by atoms with E-state index in [0.29, 0.717) is 5.69 Å². The van der Waals surface area contributed by atoms with Crippen molar-refractivity contribution in [1.82, 2.24) is 0 Å². The molecule has 6 heteroatoms. The molecule has 0 aromatic heterocycles. The van der Waals surface area contributed by atoms with Crippen LogP contribution in [0.25, 0.3) is 0 Å². The van der Waals surface area contributed by atoms with Crippen LogP contribution in [0.2, 0.25) is 0 Å². The van der Waals surface area contributed by atoms with Crippen LogP contribution >= 0.6 is 15.9 Å². The molecule has 3 nitrogen and oxygen atoms in total. The lowest BCUT2D eigenvalue weighted by Gasteiger charge is -2.21. The van der Waals surface area contributed by atoms with E-state index in [4.69, 9.17) is 0 Å². The molecule has 0 unspecified atom stereocenters. The van der Waals surface area contributed by atoms with Crippen molar-refractivity contribution in [3.63, 3.8) is 0 Å². The topological polar surface area (TPSA) is 37.4 Å². The number of carbonyl (C=O) groups excluding carboxylic acids is 2. The molecule has 0 fully saturated rings. The summed E-state index contributed by atoms with van der Waals surface area (Å²) in [6, 6.07) is 6.47. The maximum atomic E-state index is 12.5. The quantitative estimate of drug-likeness (QED) is 0.782. The average Bonchev–Trinajstić information content (AvgIpc) is 2.36. The van der Waals surface area contributed by atoms with Gasteiger partial charge < -0.3 is 4.90 Å². The Morgan fingerprint density at radius 2 is 1.83 bits per heavy atom. The molecule has 1 amide bonds. The van der Waals surface area contributed by atoms with E-state index in [2.05, 4.69) is 15.9 Å². The van der Waals surface area contributed by atoms with Gasteiger partial charge in [0.2, 0.25) is 0 Å². The number of amides is 1. The molecule has 0 atom stereocenters. The number of aryl methyl sites for hydroxylation is 1. The molecule has 1 aromatic carbocycles. The van der Waals surface area contributed by atoms with Gasteiger partial charge in [-0.1, -0.05) is 33.6 Å². The predicted octanol–water partition coefficient (Wildman–Crippen LogP) is 2.56. The number of rotatable bonds is 5. The van der Waals surface area contributed by atoms with E-state index >= 15 is 0 Å². The fourth-order valence-electron chi connectivity index (χ4n) is 1.36. The van der Waals surface area contributed by atoms with Gasteiger partial charge in [0.15, 0.2) is 5.78 Å². The molecule has 1 rings (SSSR count). The summed E-state index contributed by atoms with van der Waals surface area (Å²) in [5, 5.41) is 0.0197. The Morgan fingerprint density at radius 1 is 1.28 bits per heavy atom. The summed E-state index contributed by atoms with van der Waals surface area (Å²) in [5.74, 6) is -1.71. The summed E-state index contributed by atoms with van der Waals surface area (Å²) in [7, 11) is 0. The number of halogens is 3. The lowest BCUT2D eigenvalue weighted by atomic mass is 10.2. The number of Topliss-reactive ketones (excluding diaryl/α,β-unsaturated/α-hetero) is 1. The van der Waals surface area contributed by atoms with Crippen molar-refractivity contribution >= 4 is 33.3 Å². The molecule has 18 heavy (non-hydrogen) atoms. The first-order valence-corrected chi connectivity index (χ1v) is 6.31. The van der Waals surface area contributed by atoms with Crippen molar-refractivity contribution in [2.45, 2.75) is 13.3 Å². The Morgan fingerprint density at radius 3 is 2.28 bits per heavy atom. The lowest BCUT2D eigenvalue weighted by Crippen LogP contribution is -2.39. The number of alkyl halides is 3. The van der Waals surface area contributed by atoms with Crippen molar-refractivity contribution in [3.8, 4) is 0 Å². The van der Waals surface area contributed by atoms with Crippen LogP contribution in [0.3, 0.4) is 0 Å². The van der Waals surface area contributed by atoms with Gasteiger partial charge in [-0.15, -0.1) is 0 Å². The van der Waals surface area contributed by atoms with Gasteiger partial charge in [-0.2, -0.15) is 8.78 Å².